The van der Waals surface area contributed by atoms with Gasteiger partial charge in [-0.15, -0.1) is 0 Å². The average Bonchev–Trinajstić information content (AvgIpc) is 2.25. The molecule has 19 heavy (non-hydrogen) atoms. The molecule has 1 saturated carbocycles. The second-order valence-corrected chi connectivity index (χ2v) is 7.45. The monoisotopic (exact) mass is 291 g/mol. The third kappa shape index (κ3) is 5.88. The van der Waals surface area contributed by atoms with Crippen LogP contribution in [-0.2, 0) is 14.8 Å². The van der Waals surface area contributed by atoms with E-state index in [0.29, 0.717) is 12.5 Å². The molecule has 1 fully saturated rings. The molecule has 0 aromatic rings. The summed E-state index contributed by atoms with van der Waals surface area (Å²) in [5, 5.41) is 2.55. The molecular weight excluding hydrogens is 266 g/mol. The molecule has 1 amide bonds. The van der Waals surface area contributed by atoms with E-state index in [4.69, 9.17) is 5.73 Å². The van der Waals surface area contributed by atoms with Gasteiger partial charge in [0.05, 0.1) is 11.8 Å². The number of carbonyl (C=O) groups excluding carboxylic acids is 1. The van der Waals surface area contributed by atoms with E-state index < -0.39 is 16.1 Å². The summed E-state index contributed by atoms with van der Waals surface area (Å²) in [6, 6.07) is -0.592. The zero-order valence-electron chi connectivity index (χ0n) is 11.7. The van der Waals surface area contributed by atoms with Crippen LogP contribution in [0.15, 0.2) is 0 Å². The van der Waals surface area contributed by atoms with Gasteiger partial charge in [0.15, 0.2) is 0 Å². The maximum Gasteiger partial charge on any atom is 0.237 e. The molecule has 0 aromatic heterocycles. The van der Waals surface area contributed by atoms with Crippen LogP contribution in [-0.4, -0.2) is 39.2 Å². The fourth-order valence-electron chi connectivity index (χ4n) is 1.74. The first-order valence-electron chi connectivity index (χ1n) is 6.82. The van der Waals surface area contributed by atoms with E-state index in [1.165, 1.54) is 6.42 Å². The van der Waals surface area contributed by atoms with Crippen LogP contribution in [0.2, 0.25) is 0 Å². The van der Waals surface area contributed by atoms with Gasteiger partial charge in [-0.2, -0.15) is 0 Å². The molecule has 0 radical (unpaired) electrons. The van der Waals surface area contributed by atoms with Crippen molar-refractivity contribution in [3.63, 3.8) is 0 Å². The first-order valence-corrected chi connectivity index (χ1v) is 8.47. The largest absolute Gasteiger partial charge is 0.354 e. The van der Waals surface area contributed by atoms with Gasteiger partial charge >= 0.3 is 0 Å². The lowest BCUT2D eigenvalue weighted by Gasteiger charge is -2.25. The van der Waals surface area contributed by atoms with E-state index >= 15 is 0 Å². The molecule has 1 aliphatic carbocycles. The van der Waals surface area contributed by atoms with Crippen LogP contribution in [0.5, 0.6) is 0 Å². The van der Waals surface area contributed by atoms with Crippen molar-refractivity contribution in [1.29, 1.82) is 0 Å². The van der Waals surface area contributed by atoms with Gasteiger partial charge in [0.2, 0.25) is 15.9 Å². The van der Waals surface area contributed by atoms with Gasteiger partial charge in [0.1, 0.15) is 0 Å². The summed E-state index contributed by atoms with van der Waals surface area (Å²) >= 11 is 0. The van der Waals surface area contributed by atoms with E-state index in [9.17, 15) is 13.2 Å². The molecule has 1 atom stereocenters. The number of amides is 1. The zero-order chi connectivity index (χ0) is 14.5. The minimum absolute atomic E-state index is 0.0355. The Kier molecular flexibility index (Phi) is 6.22. The highest BCUT2D eigenvalue weighted by Crippen LogP contribution is 2.25. The molecule has 0 aromatic carbocycles. The Hall–Kier alpha value is -0.660. The van der Waals surface area contributed by atoms with Crippen LogP contribution in [0.1, 0.15) is 33.1 Å². The number of hydrogen-bond acceptors (Lipinski definition) is 4. The lowest BCUT2D eigenvalue weighted by Crippen LogP contribution is -2.46. The SMILES string of the molecule is CC(C)[C@H](N)C(=O)NCCS(=O)(=O)NCC1CCC1. The van der Waals surface area contributed by atoms with Gasteiger partial charge in [-0.3, -0.25) is 4.79 Å². The highest BCUT2D eigenvalue weighted by molar-refractivity contribution is 7.89. The molecule has 0 aliphatic heterocycles. The van der Waals surface area contributed by atoms with Gasteiger partial charge in [0, 0.05) is 13.1 Å². The van der Waals surface area contributed by atoms with Crippen molar-refractivity contribution in [3.8, 4) is 0 Å². The summed E-state index contributed by atoms with van der Waals surface area (Å²) in [7, 11) is -3.30. The summed E-state index contributed by atoms with van der Waals surface area (Å²) in [5.41, 5.74) is 5.66. The first-order chi connectivity index (χ1) is 8.82. The second-order valence-electron chi connectivity index (χ2n) is 5.53. The molecule has 4 N–H and O–H groups in total. The van der Waals surface area contributed by atoms with Gasteiger partial charge in [0.25, 0.3) is 0 Å². The maximum absolute atomic E-state index is 11.7. The smallest absolute Gasteiger partial charge is 0.237 e. The number of sulfonamides is 1. The van der Waals surface area contributed by atoms with Crippen LogP contribution < -0.4 is 15.8 Å². The molecule has 7 heteroatoms. The molecule has 0 saturated heterocycles. The highest BCUT2D eigenvalue weighted by Gasteiger charge is 2.21. The fraction of sp³-hybridized carbons (Fsp3) is 0.917. The fourth-order valence-corrected chi connectivity index (χ4v) is 2.75. The molecule has 0 heterocycles. The lowest BCUT2D eigenvalue weighted by atomic mass is 9.86. The van der Waals surface area contributed by atoms with Crippen LogP contribution >= 0.6 is 0 Å². The van der Waals surface area contributed by atoms with Crippen LogP contribution in [0.3, 0.4) is 0 Å². The van der Waals surface area contributed by atoms with Crippen molar-refractivity contribution in [2.24, 2.45) is 17.6 Å². The number of nitrogens with one attached hydrogen (secondary N) is 2. The summed E-state index contributed by atoms with van der Waals surface area (Å²) < 4.78 is 25.9. The Morgan fingerprint density at radius 3 is 2.47 bits per heavy atom. The molecule has 0 spiro atoms. The molecule has 1 aliphatic rings. The molecule has 6 nitrogen and oxygen atoms in total. The number of rotatable bonds is 8. The van der Waals surface area contributed by atoms with E-state index in [1.54, 1.807) is 0 Å². The van der Waals surface area contributed by atoms with Crippen molar-refractivity contribution in [1.82, 2.24) is 10.0 Å². The van der Waals surface area contributed by atoms with Crippen molar-refractivity contribution in [2.45, 2.75) is 39.2 Å². The van der Waals surface area contributed by atoms with Gasteiger partial charge in [-0.1, -0.05) is 20.3 Å². The summed E-state index contributed by atoms with van der Waals surface area (Å²) in [6.07, 6.45) is 3.39. The standard InChI is InChI=1S/C12H25N3O3S/c1-9(2)11(13)12(16)14-6-7-19(17,18)15-8-10-4-3-5-10/h9-11,15H,3-8,13H2,1-2H3,(H,14,16)/t11-/m0/s1. The maximum atomic E-state index is 11.7. The van der Waals surface area contributed by atoms with Gasteiger partial charge < -0.3 is 11.1 Å². The molecule has 112 valence electrons. The molecule has 0 bridgehead atoms. The van der Waals surface area contributed by atoms with Crippen LogP contribution in [0.25, 0.3) is 0 Å². The van der Waals surface area contributed by atoms with Gasteiger partial charge in [-0.05, 0) is 24.7 Å². The van der Waals surface area contributed by atoms with Crippen molar-refractivity contribution in [2.75, 3.05) is 18.8 Å². The van der Waals surface area contributed by atoms with E-state index in [0.717, 1.165) is 12.8 Å². The second kappa shape index (κ2) is 7.21. The van der Waals surface area contributed by atoms with Gasteiger partial charge in [-0.25, -0.2) is 13.1 Å². The topological polar surface area (TPSA) is 101 Å². The predicted octanol–water partition coefficient (Wildman–Crippen LogP) is -0.195. The normalized spacial score (nSPS) is 18.1. The number of carbonyl (C=O) groups is 1. The summed E-state index contributed by atoms with van der Waals surface area (Å²) in [4.78, 5) is 11.5. The summed E-state index contributed by atoms with van der Waals surface area (Å²) in [5.74, 6) is 0.118. The Morgan fingerprint density at radius 2 is 2.00 bits per heavy atom. The first kappa shape index (κ1) is 16.4. The third-order valence-corrected chi connectivity index (χ3v) is 4.86. The lowest BCUT2D eigenvalue weighted by molar-refractivity contribution is -0.123. The van der Waals surface area contributed by atoms with Crippen LogP contribution in [0.4, 0.5) is 0 Å². The zero-order valence-corrected chi connectivity index (χ0v) is 12.5. The molecule has 1 rings (SSSR count). The Labute approximate surface area is 115 Å². The molecular formula is C12H25N3O3S. The highest BCUT2D eigenvalue weighted by atomic mass is 32.2. The minimum Gasteiger partial charge on any atom is -0.354 e. The third-order valence-electron chi connectivity index (χ3n) is 3.51. The number of nitrogens with two attached hydrogens (primary N) is 1. The Morgan fingerprint density at radius 1 is 1.37 bits per heavy atom. The van der Waals surface area contributed by atoms with E-state index in [1.807, 2.05) is 13.8 Å². The van der Waals surface area contributed by atoms with Crippen molar-refractivity contribution < 1.29 is 13.2 Å². The predicted molar refractivity (Wildman–Crippen MR) is 75.0 cm³/mol. The van der Waals surface area contributed by atoms with Crippen molar-refractivity contribution >= 4 is 15.9 Å². The van der Waals surface area contributed by atoms with E-state index in [2.05, 4.69) is 10.0 Å². The van der Waals surface area contributed by atoms with E-state index in [-0.39, 0.29) is 24.1 Å². The Balaban J connectivity index is 2.21. The number of hydrogen-bond donors (Lipinski definition) is 3. The quantitative estimate of drug-likeness (QED) is 0.576. The van der Waals surface area contributed by atoms with Crippen molar-refractivity contribution in [3.05, 3.63) is 0 Å². The Bertz CT molecular complexity index is 391. The van der Waals surface area contributed by atoms with Crippen LogP contribution in [0, 0.1) is 11.8 Å². The average molecular weight is 291 g/mol. The molecule has 0 unspecified atom stereocenters. The minimum atomic E-state index is -3.30. The summed E-state index contributed by atoms with van der Waals surface area (Å²) in [6.45, 7) is 4.31.